The highest BCUT2D eigenvalue weighted by atomic mass is 35.5. The highest BCUT2D eigenvalue weighted by Gasteiger charge is 2.36. The zero-order valence-electron chi connectivity index (χ0n) is 23.3. The quantitative estimate of drug-likeness (QED) is 0.233. The fourth-order valence-electron chi connectivity index (χ4n) is 4.00. The van der Waals surface area contributed by atoms with E-state index in [0.29, 0.717) is 28.4 Å². The molecule has 232 valence electrons. The summed E-state index contributed by atoms with van der Waals surface area (Å²) in [4.78, 5) is 27.9. The van der Waals surface area contributed by atoms with Crippen molar-refractivity contribution in [2.24, 2.45) is 0 Å². The van der Waals surface area contributed by atoms with Gasteiger partial charge in [0, 0.05) is 12.6 Å². The Balaban J connectivity index is 2.13. The van der Waals surface area contributed by atoms with Crippen LogP contribution in [0, 0.1) is 0 Å². The van der Waals surface area contributed by atoms with Crippen LogP contribution in [0.2, 0.25) is 15.1 Å². The van der Waals surface area contributed by atoms with Gasteiger partial charge in [0.05, 0.1) is 31.2 Å². The second-order valence-corrected chi connectivity index (χ2v) is 12.8. The van der Waals surface area contributed by atoms with Crippen LogP contribution >= 0.6 is 34.8 Å². The van der Waals surface area contributed by atoms with E-state index in [0.717, 1.165) is 11.0 Å². The largest absolute Gasteiger partial charge is 0.416 e. The fraction of sp³-hybridized carbons (Fsp3) is 0.310. The molecule has 2 atom stereocenters. The second-order valence-electron chi connectivity index (χ2n) is 9.75. The molecule has 0 saturated carbocycles. The van der Waals surface area contributed by atoms with E-state index in [2.05, 4.69) is 5.32 Å². The molecule has 14 heteroatoms. The highest BCUT2D eigenvalue weighted by Crippen LogP contribution is 2.37. The van der Waals surface area contributed by atoms with Gasteiger partial charge in [-0.15, -0.1) is 0 Å². The van der Waals surface area contributed by atoms with Gasteiger partial charge in [0.1, 0.15) is 12.6 Å². The minimum atomic E-state index is -4.83. The minimum absolute atomic E-state index is 0.187. The molecule has 0 bridgehead atoms. The topological polar surface area (TPSA) is 86.8 Å². The number of carbonyl (C=O) groups excluding carboxylic acids is 2. The molecule has 3 rings (SSSR count). The summed E-state index contributed by atoms with van der Waals surface area (Å²) in [5.41, 5.74) is -1.25. The molecular formula is C29H29Cl3F3N3O4S. The lowest BCUT2D eigenvalue weighted by atomic mass is 10.1. The van der Waals surface area contributed by atoms with E-state index in [1.165, 1.54) is 43.3 Å². The first-order chi connectivity index (χ1) is 20.1. The number of benzene rings is 3. The minimum Gasteiger partial charge on any atom is -0.352 e. The number of hydrogen-bond donors (Lipinski definition) is 1. The van der Waals surface area contributed by atoms with Gasteiger partial charge in [-0.25, -0.2) is 8.42 Å². The van der Waals surface area contributed by atoms with Crippen molar-refractivity contribution in [3.63, 3.8) is 0 Å². The number of anilines is 1. The maximum absolute atomic E-state index is 14.0. The van der Waals surface area contributed by atoms with Gasteiger partial charge < -0.3 is 10.2 Å². The molecule has 3 aromatic carbocycles. The van der Waals surface area contributed by atoms with E-state index in [1.54, 1.807) is 19.1 Å². The SMILES string of the molecule is CC[C@H](C)NC(=O)[C@H](C)N(Cc1ccc(Cl)c(Cl)c1)C(=O)CN(c1cc(C(F)(F)F)ccc1Cl)S(=O)(=O)c1ccccc1. The summed E-state index contributed by atoms with van der Waals surface area (Å²) in [6.45, 7) is 3.93. The molecule has 0 spiro atoms. The van der Waals surface area contributed by atoms with Gasteiger partial charge in [-0.2, -0.15) is 13.2 Å². The van der Waals surface area contributed by atoms with Crippen molar-refractivity contribution in [3.05, 3.63) is 92.9 Å². The molecule has 0 fully saturated rings. The number of halogens is 6. The first kappa shape index (κ1) is 34.5. The molecule has 2 amide bonds. The highest BCUT2D eigenvalue weighted by molar-refractivity contribution is 7.92. The van der Waals surface area contributed by atoms with E-state index in [4.69, 9.17) is 34.8 Å². The maximum Gasteiger partial charge on any atom is 0.416 e. The monoisotopic (exact) mass is 677 g/mol. The Bertz CT molecular complexity index is 1570. The van der Waals surface area contributed by atoms with Crippen molar-refractivity contribution in [2.75, 3.05) is 10.8 Å². The molecular weight excluding hydrogens is 650 g/mol. The van der Waals surface area contributed by atoms with Crippen molar-refractivity contribution in [1.29, 1.82) is 0 Å². The average molecular weight is 679 g/mol. The number of nitrogens with zero attached hydrogens (tertiary/aromatic N) is 2. The fourth-order valence-corrected chi connectivity index (χ4v) is 6.03. The first-order valence-electron chi connectivity index (χ1n) is 13.0. The molecule has 0 unspecified atom stereocenters. The third-order valence-electron chi connectivity index (χ3n) is 6.66. The third-order valence-corrected chi connectivity index (χ3v) is 9.49. The molecule has 0 aliphatic rings. The van der Waals surface area contributed by atoms with E-state index >= 15 is 0 Å². The van der Waals surface area contributed by atoms with Gasteiger partial charge in [-0.05, 0) is 68.3 Å². The Morgan fingerprint density at radius 1 is 0.907 bits per heavy atom. The third kappa shape index (κ3) is 8.56. The number of alkyl halides is 3. The van der Waals surface area contributed by atoms with Crippen LogP contribution in [0.25, 0.3) is 0 Å². The van der Waals surface area contributed by atoms with Crippen LogP contribution in [0.1, 0.15) is 38.3 Å². The normalized spacial score (nSPS) is 13.2. The Hall–Kier alpha value is -2.99. The van der Waals surface area contributed by atoms with E-state index in [-0.39, 0.29) is 32.5 Å². The van der Waals surface area contributed by atoms with Crippen molar-refractivity contribution in [3.8, 4) is 0 Å². The van der Waals surface area contributed by atoms with E-state index < -0.39 is 51.9 Å². The van der Waals surface area contributed by atoms with E-state index in [1.807, 2.05) is 6.92 Å². The van der Waals surface area contributed by atoms with Crippen LogP contribution in [-0.4, -0.2) is 43.8 Å². The van der Waals surface area contributed by atoms with Crippen molar-refractivity contribution >= 4 is 62.3 Å². The molecule has 0 saturated heterocycles. The summed E-state index contributed by atoms with van der Waals surface area (Å²) >= 11 is 18.4. The lowest BCUT2D eigenvalue weighted by molar-refractivity contribution is -0.139. The Morgan fingerprint density at radius 3 is 2.12 bits per heavy atom. The molecule has 0 heterocycles. The summed E-state index contributed by atoms with van der Waals surface area (Å²) in [6.07, 6.45) is -4.22. The smallest absolute Gasteiger partial charge is 0.352 e. The zero-order chi connectivity index (χ0) is 32.1. The van der Waals surface area contributed by atoms with Gasteiger partial charge in [-0.3, -0.25) is 13.9 Å². The molecule has 1 N–H and O–H groups in total. The number of hydrogen-bond acceptors (Lipinski definition) is 4. The number of sulfonamides is 1. The molecule has 0 aliphatic heterocycles. The summed E-state index contributed by atoms with van der Waals surface area (Å²) in [5, 5.41) is 2.90. The first-order valence-corrected chi connectivity index (χ1v) is 15.6. The molecule has 0 aliphatic carbocycles. The second kappa shape index (κ2) is 14.2. The maximum atomic E-state index is 14.0. The predicted octanol–water partition coefficient (Wildman–Crippen LogP) is 7.19. The standard InChI is InChI=1S/C29H29Cl3F3N3O4S/c1-4-18(2)36-28(40)19(3)37(16-20-10-12-23(30)25(32)14-20)27(39)17-38(43(41,42)22-8-6-5-7-9-22)26-15-21(29(33,34)35)11-13-24(26)31/h5-15,18-19H,4,16-17H2,1-3H3,(H,36,40)/t18-,19-/m0/s1. The number of amides is 2. The Labute approximate surface area is 263 Å². The number of carbonyl (C=O) groups is 2. The van der Waals surface area contributed by atoms with Crippen LogP contribution in [0.5, 0.6) is 0 Å². The van der Waals surface area contributed by atoms with Crippen LogP contribution in [0.15, 0.2) is 71.6 Å². The summed E-state index contributed by atoms with van der Waals surface area (Å²) < 4.78 is 69.2. The van der Waals surface area contributed by atoms with E-state index in [9.17, 15) is 31.2 Å². The lowest BCUT2D eigenvalue weighted by Gasteiger charge is -2.33. The predicted molar refractivity (Wildman–Crippen MR) is 162 cm³/mol. The summed E-state index contributed by atoms with van der Waals surface area (Å²) in [6, 6.07) is 12.3. The van der Waals surface area contributed by atoms with Crippen molar-refractivity contribution < 1.29 is 31.2 Å². The van der Waals surface area contributed by atoms with Gasteiger partial charge in [-0.1, -0.05) is 66.0 Å². The van der Waals surface area contributed by atoms with Crippen LogP contribution in [-0.2, 0) is 32.3 Å². The van der Waals surface area contributed by atoms with Crippen LogP contribution in [0.4, 0.5) is 18.9 Å². The zero-order valence-corrected chi connectivity index (χ0v) is 26.4. The van der Waals surface area contributed by atoms with Gasteiger partial charge in [0.25, 0.3) is 10.0 Å². The van der Waals surface area contributed by atoms with Gasteiger partial charge >= 0.3 is 6.18 Å². The summed E-state index contributed by atoms with van der Waals surface area (Å²) in [5.74, 6) is -1.40. The van der Waals surface area contributed by atoms with Crippen molar-refractivity contribution in [1.82, 2.24) is 10.2 Å². The Morgan fingerprint density at radius 2 is 1.53 bits per heavy atom. The van der Waals surface area contributed by atoms with Crippen LogP contribution in [0.3, 0.4) is 0 Å². The van der Waals surface area contributed by atoms with Gasteiger partial charge in [0.2, 0.25) is 11.8 Å². The van der Waals surface area contributed by atoms with Crippen molar-refractivity contribution in [2.45, 2.75) is 56.9 Å². The average Bonchev–Trinajstić information content (AvgIpc) is 2.96. The molecule has 0 aromatic heterocycles. The summed E-state index contributed by atoms with van der Waals surface area (Å²) in [7, 11) is -4.63. The number of rotatable bonds is 11. The van der Waals surface area contributed by atoms with Gasteiger partial charge in [0.15, 0.2) is 0 Å². The molecule has 0 radical (unpaired) electrons. The lowest BCUT2D eigenvalue weighted by Crippen LogP contribution is -2.52. The Kier molecular flexibility index (Phi) is 11.4. The van der Waals surface area contributed by atoms with Crippen LogP contribution < -0.4 is 9.62 Å². The molecule has 3 aromatic rings. The number of nitrogens with one attached hydrogen (secondary N) is 1. The molecule has 43 heavy (non-hydrogen) atoms. The molecule has 7 nitrogen and oxygen atoms in total.